The molecule has 0 bridgehead atoms. The van der Waals surface area contributed by atoms with Crippen LogP contribution in [-0.4, -0.2) is 52.5 Å². The van der Waals surface area contributed by atoms with Crippen LogP contribution in [0.2, 0.25) is 0 Å². The Morgan fingerprint density at radius 1 is 1.40 bits per heavy atom. The van der Waals surface area contributed by atoms with E-state index < -0.39 is 44.9 Å². The Kier molecular flexibility index (Phi) is 6.64. The molecule has 1 aromatic rings. The van der Waals surface area contributed by atoms with Crippen LogP contribution in [0, 0.1) is 0 Å². The molecule has 0 spiro atoms. The van der Waals surface area contributed by atoms with Crippen molar-refractivity contribution in [2.75, 3.05) is 13.2 Å². The zero-order chi connectivity index (χ0) is 18.6. The van der Waals surface area contributed by atoms with Crippen molar-refractivity contribution in [3.63, 3.8) is 0 Å². The molecule has 2 heterocycles. The molecule has 0 saturated carbocycles. The van der Waals surface area contributed by atoms with Crippen LogP contribution in [0.3, 0.4) is 0 Å². The second kappa shape index (κ2) is 8.33. The number of ether oxygens (including phenoxy) is 1. The van der Waals surface area contributed by atoms with E-state index >= 15 is 0 Å². The number of aliphatic hydroxyl groups is 2. The second-order valence-electron chi connectivity index (χ2n) is 5.55. The van der Waals surface area contributed by atoms with Crippen LogP contribution in [0.15, 0.2) is 24.5 Å². The largest absolute Gasteiger partial charge is 0.472 e. The van der Waals surface area contributed by atoms with Crippen molar-refractivity contribution in [3.8, 4) is 0 Å². The lowest BCUT2D eigenvalue weighted by Gasteiger charge is -2.16. The minimum atomic E-state index is -4.26. The lowest BCUT2D eigenvalue weighted by Crippen LogP contribution is -2.46. The number of amides is 1. The molecule has 1 amide bonds. The van der Waals surface area contributed by atoms with Gasteiger partial charge in [0.15, 0.2) is 18.5 Å². The lowest BCUT2D eigenvalue weighted by atomic mass is 10.1. The van der Waals surface area contributed by atoms with E-state index in [9.17, 15) is 24.5 Å². The second-order valence-corrected chi connectivity index (χ2v) is 7.00. The maximum Gasteiger partial charge on any atom is 0.472 e. The summed E-state index contributed by atoms with van der Waals surface area (Å²) in [4.78, 5) is 20.7. The smallest absolute Gasteiger partial charge is 0.387 e. The zero-order valence-corrected chi connectivity index (χ0v) is 14.5. The number of rotatable bonds is 8. The summed E-state index contributed by atoms with van der Waals surface area (Å²) in [6.45, 7) is 1.35. The fourth-order valence-corrected chi connectivity index (χ4v) is 3.14. The van der Waals surface area contributed by atoms with Crippen molar-refractivity contribution >= 4 is 13.7 Å². The van der Waals surface area contributed by atoms with E-state index in [1.807, 2.05) is 0 Å². The molecule has 1 fully saturated rings. The van der Waals surface area contributed by atoms with Gasteiger partial charge >= 0.3 is 7.82 Å². The molecule has 2 rings (SSSR count). The first-order chi connectivity index (χ1) is 11.7. The molecule has 3 unspecified atom stereocenters. The van der Waals surface area contributed by atoms with Crippen LogP contribution in [0.1, 0.15) is 29.9 Å². The van der Waals surface area contributed by atoms with Crippen molar-refractivity contribution in [3.05, 3.63) is 30.1 Å². The predicted molar refractivity (Wildman–Crippen MR) is 83.1 cm³/mol. The SMILES string of the molecule is CCCOP(=O)(O)OCC1OC([n+]2cccc(C(N)=O)c2)[C@H](O)[C@@H]1O. The number of phosphoric ester groups is 1. The molecule has 11 heteroatoms. The molecule has 25 heavy (non-hydrogen) atoms. The molecule has 1 aliphatic heterocycles. The van der Waals surface area contributed by atoms with Gasteiger partial charge in [0.1, 0.15) is 17.8 Å². The number of phosphoric acid groups is 1. The summed E-state index contributed by atoms with van der Waals surface area (Å²) in [5.41, 5.74) is 5.40. The number of nitrogens with two attached hydrogens (primary N) is 1. The summed E-state index contributed by atoms with van der Waals surface area (Å²) in [5.74, 6) is -0.656. The average Bonchev–Trinajstić information content (AvgIpc) is 2.87. The van der Waals surface area contributed by atoms with Crippen LogP contribution in [0.5, 0.6) is 0 Å². The minimum absolute atomic E-state index is 0.0445. The molecule has 1 aromatic heterocycles. The Hall–Kier alpha value is -1.39. The quantitative estimate of drug-likeness (QED) is 0.341. The first-order valence-corrected chi connectivity index (χ1v) is 9.19. The van der Waals surface area contributed by atoms with Crippen LogP contribution >= 0.6 is 7.82 Å². The summed E-state index contributed by atoms with van der Waals surface area (Å²) in [5, 5.41) is 20.2. The molecule has 10 nitrogen and oxygen atoms in total. The fraction of sp³-hybridized carbons (Fsp3) is 0.571. The minimum Gasteiger partial charge on any atom is -0.387 e. The van der Waals surface area contributed by atoms with E-state index in [0.29, 0.717) is 6.42 Å². The Bertz CT molecular complexity index is 657. The van der Waals surface area contributed by atoms with E-state index in [-0.39, 0.29) is 12.2 Å². The number of pyridine rings is 1. The van der Waals surface area contributed by atoms with Gasteiger partial charge in [0, 0.05) is 6.07 Å². The highest BCUT2D eigenvalue weighted by Crippen LogP contribution is 2.44. The average molecular weight is 377 g/mol. The van der Waals surface area contributed by atoms with E-state index in [0.717, 1.165) is 0 Å². The maximum absolute atomic E-state index is 11.6. The third-order valence-electron chi connectivity index (χ3n) is 3.60. The molecule has 0 radical (unpaired) electrons. The van der Waals surface area contributed by atoms with Crippen molar-refractivity contribution in [1.29, 1.82) is 0 Å². The third-order valence-corrected chi connectivity index (χ3v) is 4.58. The van der Waals surface area contributed by atoms with Gasteiger partial charge in [0.25, 0.3) is 12.1 Å². The van der Waals surface area contributed by atoms with Gasteiger partial charge in [-0.1, -0.05) is 6.92 Å². The van der Waals surface area contributed by atoms with E-state index in [2.05, 4.69) is 4.52 Å². The van der Waals surface area contributed by atoms with Crippen molar-refractivity contribution in [2.45, 2.75) is 37.9 Å². The Labute approximate surface area is 144 Å². The zero-order valence-electron chi connectivity index (χ0n) is 13.6. The topological polar surface area (TPSA) is 152 Å². The van der Waals surface area contributed by atoms with E-state index in [1.54, 1.807) is 6.92 Å². The normalized spacial score (nSPS) is 28.6. The van der Waals surface area contributed by atoms with Crippen LogP contribution in [-0.2, 0) is 18.3 Å². The van der Waals surface area contributed by atoms with Crippen LogP contribution in [0.25, 0.3) is 0 Å². The molecule has 140 valence electrons. The molecular formula is C14H22N2O8P+. The van der Waals surface area contributed by atoms with Gasteiger partial charge in [0.05, 0.1) is 13.2 Å². The van der Waals surface area contributed by atoms with Crippen molar-refractivity contribution < 1.29 is 42.8 Å². The Morgan fingerprint density at radius 2 is 2.12 bits per heavy atom. The molecule has 5 atom stereocenters. The predicted octanol–water partition coefficient (Wildman–Crippen LogP) is -0.764. The van der Waals surface area contributed by atoms with Gasteiger partial charge in [-0.3, -0.25) is 13.8 Å². The molecule has 1 saturated heterocycles. The first-order valence-electron chi connectivity index (χ1n) is 7.69. The number of aromatic nitrogens is 1. The summed E-state index contributed by atoms with van der Waals surface area (Å²) in [7, 11) is -4.26. The molecular weight excluding hydrogens is 355 g/mol. The number of hydrogen-bond donors (Lipinski definition) is 4. The fourth-order valence-electron chi connectivity index (χ4n) is 2.32. The summed E-state index contributed by atoms with van der Waals surface area (Å²) in [6.07, 6.45) is -1.35. The summed E-state index contributed by atoms with van der Waals surface area (Å²) in [6, 6.07) is 3.02. The van der Waals surface area contributed by atoms with Gasteiger partial charge < -0.3 is 25.6 Å². The highest BCUT2D eigenvalue weighted by atomic mass is 31.2. The number of carbonyl (C=O) groups is 1. The monoisotopic (exact) mass is 377 g/mol. The molecule has 5 N–H and O–H groups in total. The van der Waals surface area contributed by atoms with Gasteiger partial charge in [-0.15, -0.1) is 0 Å². The van der Waals surface area contributed by atoms with Crippen molar-refractivity contribution in [1.82, 2.24) is 0 Å². The van der Waals surface area contributed by atoms with Crippen LogP contribution < -0.4 is 10.3 Å². The number of nitrogens with zero attached hydrogens (tertiary/aromatic N) is 1. The first kappa shape index (κ1) is 19.9. The highest BCUT2D eigenvalue weighted by molar-refractivity contribution is 7.47. The van der Waals surface area contributed by atoms with Gasteiger partial charge in [-0.25, -0.2) is 4.57 Å². The molecule has 0 aromatic carbocycles. The number of hydrogen-bond acceptors (Lipinski definition) is 7. The van der Waals surface area contributed by atoms with Gasteiger partial charge in [-0.05, 0) is 12.5 Å². The maximum atomic E-state index is 11.6. The van der Waals surface area contributed by atoms with Gasteiger partial charge in [-0.2, -0.15) is 4.57 Å². The number of aliphatic hydroxyl groups excluding tert-OH is 2. The lowest BCUT2D eigenvalue weighted by molar-refractivity contribution is -0.765. The Morgan fingerprint density at radius 3 is 2.76 bits per heavy atom. The van der Waals surface area contributed by atoms with Crippen molar-refractivity contribution in [2.24, 2.45) is 5.73 Å². The third kappa shape index (κ3) is 5.05. The summed E-state index contributed by atoms with van der Waals surface area (Å²) >= 11 is 0. The molecule has 0 aliphatic carbocycles. The van der Waals surface area contributed by atoms with E-state index in [1.165, 1.54) is 29.1 Å². The van der Waals surface area contributed by atoms with E-state index in [4.69, 9.17) is 15.0 Å². The number of carbonyl (C=O) groups excluding carboxylic acids is 1. The Balaban J connectivity index is 2.04. The van der Waals surface area contributed by atoms with Gasteiger partial charge in [0.2, 0.25) is 0 Å². The standard InChI is InChI=1S/C14H21N2O8P/c1-2-6-22-25(20,21)23-8-10-11(17)12(18)14(24-10)16-5-3-4-9(7-16)13(15)19/h3-5,7,10-12,14,17-18H,2,6,8H2,1H3,(H2-,15,19,20,21)/p+1/t10?,11-,12-,14?/m1/s1. The highest BCUT2D eigenvalue weighted by Gasteiger charge is 2.49. The summed E-state index contributed by atoms with van der Waals surface area (Å²) < 4.78 is 28.0. The molecule has 1 aliphatic rings. The van der Waals surface area contributed by atoms with Crippen LogP contribution in [0.4, 0.5) is 0 Å². The number of primary amides is 1.